The molecule has 1 aromatic heterocycles. The number of benzene rings is 3. The van der Waals surface area contributed by atoms with Crippen LogP contribution in [0.3, 0.4) is 0 Å². The molecule has 0 radical (unpaired) electrons. The van der Waals surface area contributed by atoms with Crippen LogP contribution in [0.2, 0.25) is 0 Å². The Hall–Kier alpha value is -4.25. The Morgan fingerprint density at radius 3 is 2.80 bits per heavy atom. The first-order chi connectivity index (χ1) is 19.7. The van der Waals surface area contributed by atoms with E-state index in [1.54, 1.807) is 6.07 Å². The minimum atomic E-state index is -4.79. The van der Waals surface area contributed by atoms with Gasteiger partial charge in [-0.1, -0.05) is 18.2 Å². The van der Waals surface area contributed by atoms with Gasteiger partial charge in [-0.15, -0.1) is 13.2 Å². The second-order valence-corrected chi connectivity index (χ2v) is 10.3. The Balaban J connectivity index is 1.30. The SMILES string of the molecule is Cc1c(CNc2ccc3c(c2)OC[C@H]3CC(=O)O)cccc1-n1c([C@H]2CCCO2)nc2cc(OC(F)(F)F)ccc21. The number of hydrogen-bond acceptors (Lipinski definition) is 6. The van der Waals surface area contributed by atoms with E-state index < -0.39 is 12.3 Å². The van der Waals surface area contributed by atoms with Crippen molar-refractivity contribution in [1.29, 1.82) is 0 Å². The number of nitrogens with one attached hydrogen (secondary N) is 1. The van der Waals surface area contributed by atoms with Crippen molar-refractivity contribution in [1.82, 2.24) is 9.55 Å². The maximum absolute atomic E-state index is 12.9. The van der Waals surface area contributed by atoms with E-state index in [0.29, 0.717) is 42.4 Å². The fraction of sp³-hybridized carbons (Fsp3) is 0.333. The van der Waals surface area contributed by atoms with Gasteiger partial charge in [0, 0.05) is 42.5 Å². The quantitative estimate of drug-likeness (QED) is 0.246. The second-order valence-electron chi connectivity index (χ2n) is 10.3. The summed E-state index contributed by atoms with van der Waals surface area (Å²) in [5.74, 6) is -0.00824. The molecule has 2 aliphatic rings. The smallest absolute Gasteiger partial charge is 0.493 e. The molecule has 214 valence electrons. The fourth-order valence-electron chi connectivity index (χ4n) is 5.59. The van der Waals surface area contributed by atoms with Gasteiger partial charge in [-0.25, -0.2) is 4.98 Å². The highest BCUT2D eigenvalue weighted by molar-refractivity contribution is 5.80. The summed E-state index contributed by atoms with van der Waals surface area (Å²) in [6.45, 7) is 3.45. The minimum Gasteiger partial charge on any atom is -0.493 e. The first-order valence-corrected chi connectivity index (χ1v) is 13.4. The average molecular weight is 568 g/mol. The molecular weight excluding hydrogens is 539 g/mol. The molecule has 41 heavy (non-hydrogen) atoms. The monoisotopic (exact) mass is 567 g/mol. The maximum atomic E-state index is 12.9. The largest absolute Gasteiger partial charge is 0.573 e. The van der Waals surface area contributed by atoms with E-state index in [2.05, 4.69) is 10.1 Å². The maximum Gasteiger partial charge on any atom is 0.573 e. The van der Waals surface area contributed by atoms with E-state index in [1.807, 2.05) is 47.9 Å². The van der Waals surface area contributed by atoms with E-state index in [9.17, 15) is 18.0 Å². The predicted molar refractivity (Wildman–Crippen MR) is 145 cm³/mol. The molecule has 1 saturated heterocycles. The topological polar surface area (TPSA) is 94.8 Å². The van der Waals surface area contributed by atoms with Crippen LogP contribution in [0.5, 0.6) is 11.5 Å². The van der Waals surface area contributed by atoms with Crippen molar-refractivity contribution in [3.05, 3.63) is 77.1 Å². The van der Waals surface area contributed by atoms with Crippen LogP contribution in [-0.4, -0.2) is 40.2 Å². The molecule has 1 fully saturated rings. The van der Waals surface area contributed by atoms with Gasteiger partial charge in [0.1, 0.15) is 23.4 Å². The number of carbonyl (C=O) groups is 1. The summed E-state index contributed by atoms with van der Waals surface area (Å²) in [6, 6.07) is 15.8. The van der Waals surface area contributed by atoms with E-state index in [4.69, 9.17) is 19.6 Å². The van der Waals surface area contributed by atoms with Crippen molar-refractivity contribution in [2.45, 2.75) is 51.1 Å². The van der Waals surface area contributed by atoms with Crippen LogP contribution in [0, 0.1) is 6.92 Å². The molecule has 0 unspecified atom stereocenters. The van der Waals surface area contributed by atoms with Gasteiger partial charge >= 0.3 is 12.3 Å². The van der Waals surface area contributed by atoms with Crippen molar-refractivity contribution in [3.8, 4) is 17.2 Å². The van der Waals surface area contributed by atoms with Crippen LogP contribution in [0.15, 0.2) is 54.6 Å². The summed E-state index contributed by atoms with van der Waals surface area (Å²) in [6.07, 6.45) is -3.40. The zero-order valence-electron chi connectivity index (χ0n) is 22.2. The fourth-order valence-corrected chi connectivity index (χ4v) is 5.59. The molecule has 4 aromatic rings. The summed E-state index contributed by atoms with van der Waals surface area (Å²) in [4.78, 5) is 15.8. The predicted octanol–water partition coefficient (Wildman–Crippen LogP) is 6.65. The lowest BCUT2D eigenvalue weighted by Crippen LogP contribution is -2.17. The number of nitrogens with zero attached hydrogens (tertiary/aromatic N) is 2. The van der Waals surface area contributed by atoms with Gasteiger partial charge in [0.25, 0.3) is 0 Å². The van der Waals surface area contributed by atoms with Crippen molar-refractivity contribution >= 4 is 22.7 Å². The highest BCUT2D eigenvalue weighted by Crippen LogP contribution is 2.39. The lowest BCUT2D eigenvalue weighted by atomic mass is 9.98. The number of aliphatic carboxylic acids is 1. The van der Waals surface area contributed by atoms with Gasteiger partial charge < -0.3 is 24.6 Å². The number of rotatable bonds is 8. The van der Waals surface area contributed by atoms with Crippen LogP contribution in [0.4, 0.5) is 18.9 Å². The molecule has 11 heteroatoms. The summed E-state index contributed by atoms with van der Waals surface area (Å²) < 4.78 is 56.3. The molecule has 3 heterocycles. The molecule has 3 aromatic carbocycles. The Bertz CT molecular complexity index is 1610. The van der Waals surface area contributed by atoms with Gasteiger partial charge in [0.15, 0.2) is 0 Å². The molecule has 2 atom stereocenters. The molecule has 0 bridgehead atoms. The molecule has 0 amide bonds. The first-order valence-electron chi connectivity index (χ1n) is 13.4. The Morgan fingerprint density at radius 2 is 2.05 bits per heavy atom. The number of anilines is 1. The van der Waals surface area contributed by atoms with Crippen LogP contribution < -0.4 is 14.8 Å². The number of imidazole rings is 1. The molecule has 8 nitrogen and oxygen atoms in total. The van der Waals surface area contributed by atoms with Gasteiger partial charge in [-0.05, 0) is 55.2 Å². The van der Waals surface area contributed by atoms with Gasteiger partial charge in [0.2, 0.25) is 0 Å². The minimum absolute atomic E-state index is 0.0270. The number of hydrogen-bond donors (Lipinski definition) is 2. The number of ether oxygens (including phenoxy) is 3. The van der Waals surface area contributed by atoms with Gasteiger partial charge in [0.05, 0.1) is 29.7 Å². The zero-order chi connectivity index (χ0) is 28.7. The van der Waals surface area contributed by atoms with Crippen LogP contribution in [-0.2, 0) is 16.1 Å². The molecule has 6 rings (SSSR count). The van der Waals surface area contributed by atoms with E-state index in [1.165, 1.54) is 12.1 Å². The summed E-state index contributed by atoms with van der Waals surface area (Å²) in [5.41, 5.74) is 5.64. The molecule has 0 spiro atoms. The third-order valence-corrected chi connectivity index (χ3v) is 7.56. The van der Waals surface area contributed by atoms with E-state index >= 15 is 0 Å². The normalized spacial score (nSPS) is 18.3. The molecule has 2 aliphatic heterocycles. The number of alkyl halides is 3. The second kappa shape index (κ2) is 10.6. The lowest BCUT2D eigenvalue weighted by molar-refractivity contribution is -0.274. The van der Waals surface area contributed by atoms with Crippen LogP contribution >= 0.6 is 0 Å². The van der Waals surface area contributed by atoms with E-state index in [0.717, 1.165) is 40.9 Å². The third kappa shape index (κ3) is 5.54. The van der Waals surface area contributed by atoms with Crippen LogP contribution in [0.25, 0.3) is 16.7 Å². The standard InChI is InChI=1S/C30H28F3N3O5/c1-17-18(15-34-20-7-9-22-19(12-28(37)38)16-40-27(22)13-20)4-2-5-24(17)36-25-10-8-21(41-30(31,32)33)14-23(25)35-29(36)26-6-3-11-39-26/h2,4-5,7-10,13-14,19,26,34H,3,6,11-12,15-16H2,1H3,(H,37,38)/t19-,26-/m1/s1. The summed E-state index contributed by atoms with van der Waals surface area (Å²) in [5, 5.41) is 12.6. The average Bonchev–Trinajstić information content (AvgIpc) is 3.66. The number of aromatic nitrogens is 2. The Kier molecular flexibility index (Phi) is 6.98. The Labute approximate surface area is 233 Å². The number of halogens is 3. The third-order valence-electron chi connectivity index (χ3n) is 7.56. The highest BCUT2D eigenvalue weighted by atomic mass is 19.4. The molecule has 0 aliphatic carbocycles. The van der Waals surface area contributed by atoms with Crippen molar-refractivity contribution in [2.75, 3.05) is 18.5 Å². The van der Waals surface area contributed by atoms with Crippen molar-refractivity contribution < 1.29 is 37.3 Å². The number of carboxylic acid groups (broad SMARTS) is 1. The molecule has 0 saturated carbocycles. The number of fused-ring (bicyclic) bond motifs is 2. The van der Waals surface area contributed by atoms with Gasteiger partial charge in [-0.3, -0.25) is 9.36 Å². The zero-order valence-corrected chi connectivity index (χ0v) is 22.2. The summed E-state index contributed by atoms with van der Waals surface area (Å²) in [7, 11) is 0. The lowest BCUT2D eigenvalue weighted by Gasteiger charge is -2.18. The first kappa shape index (κ1) is 26.9. The summed E-state index contributed by atoms with van der Waals surface area (Å²) >= 11 is 0. The van der Waals surface area contributed by atoms with Crippen molar-refractivity contribution in [3.63, 3.8) is 0 Å². The number of carboxylic acids is 1. The van der Waals surface area contributed by atoms with Crippen molar-refractivity contribution in [2.24, 2.45) is 0 Å². The molecular formula is C30H28F3N3O5. The highest BCUT2D eigenvalue weighted by Gasteiger charge is 2.32. The Morgan fingerprint density at radius 1 is 1.20 bits per heavy atom. The molecule has 2 N–H and O–H groups in total. The van der Waals surface area contributed by atoms with Gasteiger partial charge in [-0.2, -0.15) is 0 Å². The van der Waals surface area contributed by atoms with Crippen LogP contribution in [0.1, 0.15) is 53.8 Å². The van der Waals surface area contributed by atoms with E-state index in [-0.39, 0.29) is 24.2 Å².